The van der Waals surface area contributed by atoms with Crippen molar-refractivity contribution >= 4 is 34.2 Å². The Labute approximate surface area is 215 Å². The van der Waals surface area contributed by atoms with Crippen molar-refractivity contribution in [2.75, 3.05) is 5.32 Å². The predicted octanol–water partition coefficient (Wildman–Crippen LogP) is 4.51. The normalized spacial score (nSPS) is 25.8. The molecule has 1 saturated carbocycles. The third kappa shape index (κ3) is 4.81. The number of carbonyl (C=O) groups excluding carboxylic acids is 3. The van der Waals surface area contributed by atoms with E-state index in [1.165, 1.54) is 49.0 Å². The number of benzene rings is 1. The van der Waals surface area contributed by atoms with Gasteiger partial charge in [0, 0.05) is 22.8 Å². The van der Waals surface area contributed by atoms with Crippen molar-refractivity contribution in [1.29, 1.82) is 0 Å². The summed E-state index contributed by atoms with van der Waals surface area (Å²) in [6.07, 6.45) is 6.21. The van der Waals surface area contributed by atoms with Gasteiger partial charge in [-0.25, -0.2) is 4.79 Å². The van der Waals surface area contributed by atoms with Crippen LogP contribution in [0.3, 0.4) is 0 Å². The molecule has 2 saturated heterocycles. The first-order chi connectivity index (χ1) is 17.3. The van der Waals surface area contributed by atoms with Gasteiger partial charge in [0.05, 0.1) is 24.2 Å². The molecule has 36 heavy (non-hydrogen) atoms. The molecule has 2 aliphatic heterocycles. The number of ether oxygens (including phenoxy) is 2. The van der Waals surface area contributed by atoms with Crippen molar-refractivity contribution in [2.45, 2.75) is 83.0 Å². The van der Waals surface area contributed by atoms with Crippen molar-refractivity contribution in [3.05, 3.63) is 40.8 Å². The quantitative estimate of drug-likeness (QED) is 0.550. The molecule has 2 bridgehead atoms. The van der Waals surface area contributed by atoms with Crippen LogP contribution in [0.5, 0.6) is 0 Å². The van der Waals surface area contributed by atoms with Crippen LogP contribution in [-0.4, -0.2) is 36.2 Å². The molecule has 2 aromatic rings. The summed E-state index contributed by atoms with van der Waals surface area (Å²) in [4.78, 5) is 38.2. The van der Waals surface area contributed by atoms with Crippen molar-refractivity contribution in [3.63, 3.8) is 0 Å². The third-order valence-corrected chi connectivity index (χ3v) is 8.62. The number of amides is 1. The summed E-state index contributed by atoms with van der Waals surface area (Å²) in [6, 6.07) is 8.32. The standard InChI is InChI=1S/C28H33NO6S/c1-15(2)34-28(33)22-19(18-10-8-17(9-11-18)16-6-4-3-5-7-16)14-36-26(22)29-25(30)23-20-12-13-21(35-20)24(23)27(31)32/h8-11,14-16,20-21,23-24H,3-7,12-13H2,1-2H3,(H,29,30)(H,31,32)/p-1/t20-,21+,23+,24+/m1/s1. The molecule has 1 aromatic heterocycles. The number of anilines is 1. The van der Waals surface area contributed by atoms with E-state index < -0.39 is 41.9 Å². The number of hydrogen-bond acceptors (Lipinski definition) is 7. The summed E-state index contributed by atoms with van der Waals surface area (Å²) < 4.78 is 11.2. The molecule has 1 aromatic carbocycles. The number of carboxylic acid groups (broad SMARTS) is 1. The van der Waals surface area contributed by atoms with Crippen molar-refractivity contribution in [3.8, 4) is 11.1 Å². The first kappa shape index (κ1) is 25.0. The largest absolute Gasteiger partial charge is 0.550 e. The number of esters is 1. The van der Waals surface area contributed by atoms with Crippen LogP contribution in [0, 0.1) is 11.8 Å². The highest BCUT2D eigenvalue weighted by Gasteiger charge is 2.53. The second kappa shape index (κ2) is 10.3. The van der Waals surface area contributed by atoms with Crippen LogP contribution >= 0.6 is 11.3 Å². The topological polar surface area (TPSA) is 105 Å². The van der Waals surface area contributed by atoms with E-state index in [0.29, 0.717) is 34.9 Å². The van der Waals surface area contributed by atoms with E-state index in [1.54, 1.807) is 13.8 Å². The highest BCUT2D eigenvalue weighted by atomic mass is 32.1. The molecule has 1 aliphatic carbocycles. The molecule has 8 heteroatoms. The van der Waals surface area contributed by atoms with Crippen molar-refractivity contribution in [1.82, 2.24) is 0 Å². The van der Waals surface area contributed by atoms with Gasteiger partial charge in [-0.05, 0) is 56.6 Å². The van der Waals surface area contributed by atoms with Gasteiger partial charge in [-0.3, -0.25) is 4.79 Å². The molecule has 1 amide bonds. The van der Waals surface area contributed by atoms with Gasteiger partial charge in [-0.15, -0.1) is 11.3 Å². The van der Waals surface area contributed by atoms with Gasteiger partial charge in [0.2, 0.25) is 5.91 Å². The smallest absolute Gasteiger partial charge is 0.342 e. The zero-order valence-electron chi connectivity index (χ0n) is 20.7. The van der Waals surface area contributed by atoms with Crippen molar-refractivity contribution in [2.24, 2.45) is 11.8 Å². The maximum atomic E-state index is 13.3. The van der Waals surface area contributed by atoms with E-state index in [9.17, 15) is 19.5 Å². The minimum Gasteiger partial charge on any atom is -0.550 e. The summed E-state index contributed by atoms with van der Waals surface area (Å²) in [6.45, 7) is 3.55. The molecule has 1 N–H and O–H groups in total. The lowest BCUT2D eigenvalue weighted by molar-refractivity contribution is -0.313. The number of thiophene rings is 1. The number of rotatable bonds is 7. The Bertz CT molecular complexity index is 1130. The lowest BCUT2D eigenvalue weighted by Gasteiger charge is -2.27. The van der Waals surface area contributed by atoms with E-state index in [-0.39, 0.29) is 6.10 Å². The molecular formula is C28H32NO6S-. The minimum atomic E-state index is -1.27. The first-order valence-electron chi connectivity index (χ1n) is 12.9. The summed E-state index contributed by atoms with van der Waals surface area (Å²) >= 11 is 1.24. The van der Waals surface area contributed by atoms with Crippen LogP contribution in [0.25, 0.3) is 11.1 Å². The van der Waals surface area contributed by atoms with Gasteiger partial charge in [-0.2, -0.15) is 0 Å². The molecule has 0 radical (unpaired) electrons. The lowest BCUT2D eigenvalue weighted by Crippen LogP contribution is -2.46. The van der Waals surface area contributed by atoms with Crippen LogP contribution in [0.2, 0.25) is 0 Å². The maximum absolute atomic E-state index is 13.3. The van der Waals surface area contributed by atoms with Crippen LogP contribution < -0.4 is 10.4 Å². The molecule has 3 aliphatic rings. The molecule has 7 nitrogen and oxygen atoms in total. The van der Waals surface area contributed by atoms with Gasteiger partial charge < -0.3 is 24.7 Å². The van der Waals surface area contributed by atoms with Gasteiger partial charge >= 0.3 is 5.97 Å². The van der Waals surface area contributed by atoms with Gasteiger partial charge in [0.25, 0.3) is 0 Å². The van der Waals surface area contributed by atoms with E-state index in [0.717, 1.165) is 5.56 Å². The Morgan fingerprint density at radius 1 is 1.00 bits per heavy atom. The number of fused-ring (bicyclic) bond motifs is 2. The highest BCUT2D eigenvalue weighted by Crippen LogP contribution is 2.45. The summed E-state index contributed by atoms with van der Waals surface area (Å²) in [5.74, 6) is -3.50. The lowest BCUT2D eigenvalue weighted by atomic mass is 9.78. The molecule has 192 valence electrons. The van der Waals surface area contributed by atoms with Gasteiger partial charge in [0.15, 0.2) is 0 Å². The summed E-state index contributed by atoms with van der Waals surface area (Å²) in [5.41, 5.74) is 3.18. The molecule has 3 heterocycles. The zero-order chi connectivity index (χ0) is 25.4. The monoisotopic (exact) mass is 510 g/mol. The van der Waals surface area contributed by atoms with Crippen LogP contribution in [0.1, 0.15) is 80.6 Å². The molecule has 3 fully saturated rings. The van der Waals surface area contributed by atoms with Crippen LogP contribution in [-0.2, 0) is 19.1 Å². The average molecular weight is 511 g/mol. The predicted molar refractivity (Wildman–Crippen MR) is 135 cm³/mol. The van der Waals surface area contributed by atoms with Crippen LogP contribution in [0.15, 0.2) is 29.6 Å². The third-order valence-electron chi connectivity index (χ3n) is 7.72. The Hall–Kier alpha value is -2.71. The Balaban J connectivity index is 1.42. The number of nitrogens with one attached hydrogen (secondary N) is 1. The van der Waals surface area contributed by atoms with Gasteiger partial charge in [0.1, 0.15) is 10.6 Å². The summed E-state index contributed by atoms with van der Waals surface area (Å²) in [7, 11) is 0. The number of carbonyl (C=O) groups is 3. The molecular weight excluding hydrogens is 478 g/mol. The fraction of sp³-hybridized carbons (Fsp3) is 0.536. The number of carboxylic acids is 1. The highest BCUT2D eigenvalue weighted by molar-refractivity contribution is 7.15. The van der Waals surface area contributed by atoms with Crippen molar-refractivity contribution < 1.29 is 29.0 Å². The molecule has 4 atom stereocenters. The first-order valence-corrected chi connectivity index (χ1v) is 13.8. The maximum Gasteiger partial charge on any atom is 0.342 e. The average Bonchev–Trinajstić information content (AvgIpc) is 3.59. The fourth-order valence-electron chi connectivity index (χ4n) is 6.01. The Morgan fingerprint density at radius 2 is 1.67 bits per heavy atom. The second-order valence-electron chi connectivity index (χ2n) is 10.4. The molecule has 0 spiro atoms. The Morgan fingerprint density at radius 3 is 2.31 bits per heavy atom. The fourth-order valence-corrected chi connectivity index (χ4v) is 6.97. The SMILES string of the molecule is CC(C)OC(=O)c1c(-c2ccc(C3CCCCC3)cc2)csc1NC(=O)[C@@H]1[C@@H](C(=O)[O-])[C@@H]2CC[C@H]1O2. The molecule has 5 rings (SSSR count). The van der Waals surface area contributed by atoms with E-state index in [4.69, 9.17) is 9.47 Å². The number of aliphatic carboxylic acids is 1. The van der Waals surface area contributed by atoms with E-state index >= 15 is 0 Å². The molecule has 0 unspecified atom stereocenters. The van der Waals surface area contributed by atoms with Gasteiger partial charge in [-0.1, -0.05) is 43.5 Å². The second-order valence-corrected chi connectivity index (χ2v) is 11.3. The van der Waals surface area contributed by atoms with E-state index in [2.05, 4.69) is 17.4 Å². The number of hydrogen-bond donors (Lipinski definition) is 1. The summed E-state index contributed by atoms with van der Waals surface area (Å²) in [5, 5.41) is 16.8. The zero-order valence-corrected chi connectivity index (χ0v) is 21.5. The van der Waals surface area contributed by atoms with E-state index in [1.807, 2.05) is 17.5 Å². The minimum absolute atomic E-state index is 0.293. The Kier molecular flexibility index (Phi) is 7.17. The van der Waals surface area contributed by atoms with Crippen LogP contribution in [0.4, 0.5) is 5.00 Å².